The van der Waals surface area contributed by atoms with Crippen molar-refractivity contribution in [1.82, 2.24) is 19.4 Å². The molecule has 0 aliphatic carbocycles. The number of likely N-dealkylation sites (tertiary alicyclic amines) is 1. The standard InChI is InChI=1S/C23H28IN5O3S/c1-14(30)22(31)28-10-6-15(7-11-28)8-12-29-18-5-9-26-21(25)20(18)27-23(29)33-19-13-16(32-2)3-4-17(19)24/h3-5,9,13-15,30H,6-8,10-12H2,1-2H3,(H2,25,26)/t14-/m0/s1. The van der Waals surface area contributed by atoms with Crippen molar-refractivity contribution in [2.45, 2.75) is 48.9 Å². The van der Waals surface area contributed by atoms with Crippen LogP contribution < -0.4 is 10.5 Å². The number of nitrogen functional groups attached to an aromatic ring is 1. The molecule has 3 N–H and O–H groups in total. The molecule has 2 aromatic heterocycles. The van der Waals surface area contributed by atoms with Gasteiger partial charge in [0.15, 0.2) is 11.0 Å². The van der Waals surface area contributed by atoms with Gasteiger partial charge in [-0.3, -0.25) is 4.79 Å². The fourth-order valence-electron chi connectivity index (χ4n) is 4.15. The van der Waals surface area contributed by atoms with E-state index in [1.165, 1.54) is 6.92 Å². The highest BCUT2D eigenvalue weighted by Crippen LogP contribution is 2.36. The molecule has 1 aliphatic rings. The fraction of sp³-hybridized carbons (Fsp3) is 0.435. The van der Waals surface area contributed by atoms with Gasteiger partial charge in [-0.25, -0.2) is 9.97 Å². The number of rotatable bonds is 7. The number of aliphatic hydroxyl groups is 1. The van der Waals surface area contributed by atoms with E-state index in [1.807, 2.05) is 24.3 Å². The highest BCUT2D eigenvalue weighted by Gasteiger charge is 2.25. The Morgan fingerprint density at radius 1 is 1.36 bits per heavy atom. The van der Waals surface area contributed by atoms with Gasteiger partial charge in [-0.1, -0.05) is 11.8 Å². The first kappa shape index (κ1) is 24.1. The summed E-state index contributed by atoms with van der Waals surface area (Å²) in [6.45, 7) is 3.72. The number of fused-ring (bicyclic) bond motifs is 1. The zero-order valence-electron chi connectivity index (χ0n) is 18.7. The van der Waals surface area contributed by atoms with Crippen LogP contribution in [0.25, 0.3) is 11.0 Å². The molecule has 4 rings (SSSR count). The topological polar surface area (TPSA) is 107 Å². The maximum absolute atomic E-state index is 12.1. The van der Waals surface area contributed by atoms with Gasteiger partial charge in [-0.15, -0.1) is 0 Å². The van der Waals surface area contributed by atoms with E-state index < -0.39 is 6.10 Å². The van der Waals surface area contributed by atoms with Crippen molar-refractivity contribution in [2.24, 2.45) is 5.92 Å². The molecule has 33 heavy (non-hydrogen) atoms. The maximum Gasteiger partial charge on any atom is 0.251 e. The van der Waals surface area contributed by atoms with E-state index in [0.717, 1.165) is 56.2 Å². The number of aryl methyl sites for hydroxylation is 1. The third-order valence-electron chi connectivity index (χ3n) is 6.04. The minimum absolute atomic E-state index is 0.177. The van der Waals surface area contributed by atoms with Crippen molar-refractivity contribution in [1.29, 1.82) is 0 Å². The minimum Gasteiger partial charge on any atom is -0.497 e. The Balaban J connectivity index is 1.54. The van der Waals surface area contributed by atoms with Crippen LogP contribution in [0.1, 0.15) is 26.2 Å². The quantitative estimate of drug-likeness (QED) is 0.409. The number of hydrogen-bond donors (Lipinski definition) is 2. The van der Waals surface area contributed by atoms with Crippen LogP contribution in [-0.2, 0) is 11.3 Å². The Morgan fingerprint density at radius 3 is 2.82 bits per heavy atom. The van der Waals surface area contributed by atoms with E-state index in [2.05, 4.69) is 32.1 Å². The number of carbonyl (C=O) groups excluding carboxylic acids is 1. The number of carbonyl (C=O) groups is 1. The number of amides is 1. The Bertz CT molecular complexity index is 1140. The number of nitrogens with two attached hydrogens (primary N) is 1. The molecule has 1 fully saturated rings. The first-order valence-electron chi connectivity index (χ1n) is 11.0. The first-order chi connectivity index (χ1) is 15.9. The van der Waals surface area contributed by atoms with Gasteiger partial charge < -0.3 is 25.0 Å². The summed E-state index contributed by atoms with van der Waals surface area (Å²) in [4.78, 5) is 23.9. The lowest BCUT2D eigenvalue weighted by Crippen LogP contribution is -2.43. The largest absolute Gasteiger partial charge is 0.497 e. The van der Waals surface area contributed by atoms with Crippen molar-refractivity contribution < 1.29 is 14.6 Å². The number of nitrogens with zero attached hydrogens (tertiary/aromatic N) is 4. The van der Waals surface area contributed by atoms with Gasteiger partial charge in [-0.05, 0) is 79.0 Å². The van der Waals surface area contributed by atoms with Crippen LogP contribution in [0.4, 0.5) is 5.82 Å². The van der Waals surface area contributed by atoms with E-state index in [0.29, 0.717) is 24.8 Å². The van der Waals surface area contributed by atoms with Crippen molar-refractivity contribution >= 4 is 57.1 Å². The SMILES string of the molecule is COc1ccc(I)c(Sc2nc3c(N)nccc3n2CCC2CCN(C(=O)[C@H](C)O)CC2)c1. The highest BCUT2D eigenvalue weighted by atomic mass is 127. The number of methoxy groups -OCH3 is 1. The summed E-state index contributed by atoms with van der Waals surface area (Å²) in [6, 6.07) is 7.97. The van der Waals surface area contributed by atoms with Gasteiger partial charge in [0.25, 0.3) is 5.91 Å². The van der Waals surface area contributed by atoms with E-state index >= 15 is 0 Å². The number of anilines is 1. The molecule has 176 valence electrons. The molecule has 3 heterocycles. The lowest BCUT2D eigenvalue weighted by Gasteiger charge is -2.32. The molecule has 8 nitrogen and oxygen atoms in total. The summed E-state index contributed by atoms with van der Waals surface area (Å²) in [5.41, 5.74) is 7.83. The number of pyridine rings is 1. The van der Waals surface area contributed by atoms with Gasteiger partial charge in [0.1, 0.15) is 17.4 Å². The molecular weight excluding hydrogens is 553 g/mol. The van der Waals surface area contributed by atoms with Crippen molar-refractivity contribution in [3.8, 4) is 5.75 Å². The lowest BCUT2D eigenvalue weighted by molar-refractivity contribution is -0.140. The zero-order chi connectivity index (χ0) is 23.5. The van der Waals surface area contributed by atoms with Crippen molar-refractivity contribution in [3.63, 3.8) is 0 Å². The van der Waals surface area contributed by atoms with Crippen molar-refractivity contribution in [2.75, 3.05) is 25.9 Å². The molecule has 1 aromatic carbocycles. The molecule has 0 spiro atoms. The van der Waals surface area contributed by atoms with Crippen LogP contribution in [0.15, 0.2) is 40.5 Å². The van der Waals surface area contributed by atoms with Gasteiger partial charge in [-0.2, -0.15) is 0 Å². The van der Waals surface area contributed by atoms with Crippen LogP contribution in [0.3, 0.4) is 0 Å². The highest BCUT2D eigenvalue weighted by molar-refractivity contribution is 14.1. The monoisotopic (exact) mass is 581 g/mol. The number of piperidine rings is 1. The number of hydrogen-bond acceptors (Lipinski definition) is 7. The number of aromatic nitrogens is 3. The normalized spacial score (nSPS) is 15.7. The molecule has 1 aliphatic heterocycles. The zero-order valence-corrected chi connectivity index (χ0v) is 21.7. The Morgan fingerprint density at radius 2 is 2.12 bits per heavy atom. The Labute approximate surface area is 211 Å². The van der Waals surface area contributed by atoms with Gasteiger partial charge >= 0.3 is 0 Å². The average molecular weight is 581 g/mol. The second kappa shape index (κ2) is 10.5. The molecule has 0 bridgehead atoms. The predicted molar refractivity (Wildman–Crippen MR) is 137 cm³/mol. The molecule has 1 saturated heterocycles. The van der Waals surface area contributed by atoms with Crippen LogP contribution in [0.5, 0.6) is 5.75 Å². The van der Waals surface area contributed by atoms with Gasteiger partial charge in [0, 0.05) is 34.3 Å². The Hall–Kier alpha value is -2.05. The van der Waals surface area contributed by atoms with Gasteiger partial charge in [0.2, 0.25) is 0 Å². The molecule has 1 amide bonds. The van der Waals surface area contributed by atoms with E-state index in [9.17, 15) is 9.90 Å². The Kier molecular flexibility index (Phi) is 7.65. The molecule has 0 saturated carbocycles. The maximum atomic E-state index is 12.1. The summed E-state index contributed by atoms with van der Waals surface area (Å²) >= 11 is 3.92. The third-order valence-corrected chi connectivity index (χ3v) is 8.40. The van der Waals surface area contributed by atoms with E-state index in [-0.39, 0.29) is 5.91 Å². The van der Waals surface area contributed by atoms with E-state index in [4.69, 9.17) is 15.5 Å². The summed E-state index contributed by atoms with van der Waals surface area (Å²) in [5.74, 6) is 1.57. The minimum atomic E-state index is -0.933. The molecule has 1 atom stereocenters. The van der Waals surface area contributed by atoms with Crippen molar-refractivity contribution in [3.05, 3.63) is 34.0 Å². The molecule has 10 heteroatoms. The number of aliphatic hydroxyl groups excluding tert-OH is 1. The predicted octanol–water partition coefficient (Wildman–Crippen LogP) is 3.79. The second-order valence-electron chi connectivity index (χ2n) is 8.24. The second-order valence-corrected chi connectivity index (χ2v) is 10.4. The summed E-state index contributed by atoms with van der Waals surface area (Å²) in [5, 5.41) is 10.4. The van der Waals surface area contributed by atoms with Gasteiger partial charge in [0.05, 0.1) is 12.6 Å². The summed E-state index contributed by atoms with van der Waals surface area (Å²) in [6.07, 6.45) is 3.64. The van der Waals surface area contributed by atoms with Crippen LogP contribution in [-0.4, -0.2) is 56.8 Å². The molecular formula is C23H28IN5O3S. The average Bonchev–Trinajstić information content (AvgIpc) is 3.17. The molecule has 0 unspecified atom stereocenters. The number of ether oxygens (including phenoxy) is 1. The first-order valence-corrected chi connectivity index (χ1v) is 12.9. The van der Waals surface area contributed by atoms with Crippen LogP contribution >= 0.6 is 34.4 Å². The molecule has 0 radical (unpaired) electrons. The smallest absolute Gasteiger partial charge is 0.251 e. The van der Waals surface area contributed by atoms with Crippen LogP contribution in [0, 0.1) is 9.49 Å². The summed E-state index contributed by atoms with van der Waals surface area (Å²) < 4.78 is 8.75. The third kappa shape index (κ3) is 5.38. The number of imidazole rings is 1. The summed E-state index contributed by atoms with van der Waals surface area (Å²) in [7, 11) is 1.67. The molecule has 3 aromatic rings. The van der Waals surface area contributed by atoms with E-state index in [1.54, 1.807) is 30.0 Å². The lowest BCUT2D eigenvalue weighted by atomic mass is 9.93. The number of halogens is 1. The number of benzene rings is 1. The fourth-order valence-corrected chi connectivity index (χ4v) is 5.79. The van der Waals surface area contributed by atoms with Crippen LogP contribution in [0.2, 0.25) is 0 Å².